The molecular weight excluding hydrogens is 302 g/mol. The van der Waals surface area contributed by atoms with Crippen molar-refractivity contribution in [1.29, 1.82) is 0 Å². The van der Waals surface area contributed by atoms with Gasteiger partial charge in [-0.3, -0.25) is 9.59 Å². The van der Waals surface area contributed by atoms with E-state index in [2.05, 4.69) is 10.6 Å². The molecule has 0 aromatic rings. The molecule has 3 fully saturated rings. The van der Waals surface area contributed by atoms with Crippen LogP contribution in [0, 0.1) is 11.8 Å². The van der Waals surface area contributed by atoms with Crippen molar-refractivity contribution in [3.63, 3.8) is 0 Å². The molecule has 22 heavy (non-hydrogen) atoms. The largest absolute Gasteiger partial charge is 0.369 e. The molecule has 4 N–H and O–H groups in total. The van der Waals surface area contributed by atoms with Crippen LogP contribution in [0.5, 0.6) is 0 Å². The first-order chi connectivity index (χ1) is 10.1. The van der Waals surface area contributed by atoms with Crippen LogP contribution >= 0.6 is 12.4 Å². The maximum Gasteiger partial charge on any atom is 0.237 e. The van der Waals surface area contributed by atoms with Gasteiger partial charge < -0.3 is 16.4 Å². The van der Waals surface area contributed by atoms with Gasteiger partial charge in [0.2, 0.25) is 11.8 Å². The average molecular weight is 330 g/mol. The Kier molecular flexibility index (Phi) is 6.09. The van der Waals surface area contributed by atoms with E-state index in [1.54, 1.807) is 0 Å². The Morgan fingerprint density at radius 2 is 1.77 bits per heavy atom. The Labute approximate surface area is 138 Å². The third-order valence-corrected chi connectivity index (χ3v) is 5.60. The second-order valence-corrected chi connectivity index (χ2v) is 7.08. The Bertz CT molecular complexity index is 404. The van der Waals surface area contributed by atoms with Gasteiger partial charge in [-0.2, -0.15) is 0 Å². The lowest BCUT2D eigenvalue weighted by molar-refractivity contribution is -0.126. The summed E-state index contributed by atoms with van der Waals surface area (Å²) in [6, 6.07) is 0.624. The molecule has 6 heteroatoms. The fourth-order valence-corrected chi connectivity index (χ4v) is 4.40. The topological polar surface area (TPSA) is 84.2 Å². The summed E-state index contributed by atoms with van der Waals surface area (Å²) >= 11 is 0. The van der Waals surface area contributed by atoms with E-state index in [0.717, 1.165) is 25.7 Å². The number of primary amides is 1. The third-order valence-electron chi connectivity index (χ3n) is 5.60. The second-order valence-electron chi connectivity index (χ2n) is 7.08. The molecule has 0 bridgehead atoms. The molecule has 2 saturated carbocycles. The van der Waals surface area contributed by atoms with Gasteiger partial charge in [0.15, 0.2) is 0 Å². The van der Waals surface area contributed by atoms with Gasteiger partial charge >= 0.3 is 0 Å². The first kappa shape index (κ1) is 17.5. The Hall–Kier alpha value is -0.810. The molecule has 1 aliphatic heterocycles. The molecule has 2 aliphatic carbocycles. The van der Waals surface area contributed by atoms with Gasteiger partial charge in [0, 0.05) is 18.0 Å². The number of fused-ring (bicyclic) bond motifs is 1. The lowest BCUT2D eigenvalue weighted by Gasteiger charge is -2.29. The van der Waals surface area contributed by atoms with Crippen molar-refractivity contribution in [2.45, 2.75) is 75.9 Å². The lowest BCUT2D eigenvalue weighted by Crippen LogP contribution is -2.48. The van der Waals surface area contributed by atoms with Gasteiger partial charge in [-0.25, -0.2) is 0 Å². The van der Waals surface area contributed by atoms with Crippen molar-refractivity contribution < 1.29 is 9.59 Å². The minimum Gasteiger partial charge on any atom is -0.369 e. The molecule has 0 aromatic heterocycles. The number of hydrogen-bond acceptors (Lipinski definition) is 3. The fraction of sp³-hybridized carbons (Fsp3) is 0.875. The van der Waals surface area contributed by atoms with Gasteiger partial charge in [-0.1, -0.05) is 19.3 Å². The quantitative estimate of drug-likeness (QED) is 0.733. The highest BCUT2D eigenvalue weighted by molar-refractivity contribution is 5.85. The normalized spacial score (nSPS) is 37.7. The zero-order valence-corrected chi connectivity index (χ0v) is 13.9. The first-order valence-electron chi connectivity index (χ1n) is 8.49. The molecule has 1 saturated heterocycles. The van der Waals surface area contributed by atoms with E-state index in [4.69, 9.17) is 5.73 Å². The fourth-order valence-electron chi connectivity index (χ4n) is 4.40. The van der Waals surface area contributed by atoms with Crippen LogP contribution < -0.4 is 16.4 Å². The number of nitrogens with one attached hydrogen (secondary N) is 2. The van der Waals surface area contributed by atoms with Crippen LogP contribution in [0.4, 0.5) is 0 Å². The standard InChI is InChI=1S/C16H27N3O2.ClH/c17-15(20)11-5-3-6-12(8-11)18-16(21)14-9-10-4-1-2-7-13(10)19-14;/h10-14,19H,1-9H2,(H2,17,20)(H,18,21);1H. The summed E-state index contributed by atoms with van der Waals surface area (Å²) in [5.41, 5.74) is 5.40. The second kappa shape index (κ2) is 7.64. The summed E-state index contributed by atoms with van der Waals surface area (Å²) in [5, 5.41) is 6.66. The van der Waals surface area contributed by atoms with Crippen molar-refractivity contribution >= 4 is 24.2 Å². The summed E-state index contributed by atoms with van der Waals surface area (Å²) in [6.45, 7) is 0. The summed E-state index contributed by atoms with van der Waals surface area (Å²) < 4.78 is 0. The molecule has 0 radical (unpaired) electrons. The molecule has 5 atom stereocenters. The Morgan fingerprint density at radius 1 is 1.00 bits per heavy atom. The van der Waals surface area contributed by atoms with Gasteiger partial charge in [0.25, 0.3) is 0 Å². The summed E-state index contributed by atoms with van der Waals surface area (Å²) in [4.78, 5) is 23.8. The number of carbonyl (C=O) groups is 2. The minimum absolute atomic E-state index is 0. The van der Waals surface area contributed by atoms with Crippen LogP contribution in [0.1, 0.15) is 57.8 Å². The van der Waals surface area contributed by atoms with Gasteiger partial charge in [-0.05, 0) is 44.4 Å². The Balaban J connectivity index is 0.00000176. The summed E-state index contributed by atoms with van der Waals surface area (Å²) in [6.07, 6.45) is 9.55. The van der Waals surface area contributed by atoms with Gasteiger partial charge in [0.1, 0.15) is 0 Å². The predicted molar refractivity (Wildman–Crippen MR) is 87.6 cm³/mol. The van der Waals surface area contributed by atoms with Crippen LogP contribution in [0.2, 0.25) is 0 Å². The van der Waals surface area contributed by atoms with Crippen molar-refractivity contribution in [3.8, 4) is 0 Å². The van der Waals surface area contributed by atoms with Crippen LogP contribution in [-0.4, -0.2) is 29.9 Å². The average Bonchev–Trinajstić information content (AvgIpc) is 2.91. The van der Waals surface area contributed by atoms with Gasteiger partial charge in [-0.15, -0.1) is 12.4 Å². The SMILES string of the molecule is Cl.NC(=O)C1CCCC(NC(=O)C2CC3CCCCC3N2)C1. The van der Waals surface area contributed by atoms with Crippen LogP contribution in [-0.2, 0) is 9.59 Å². The smallest absolute Gasteiger partial charge is 0.237 e. The maximum absolute atomic E-state index is 12.4. The third kappa shape index (κ3) is 3.93. The van der Waals surface area contributed by atoms with E-state index < -0.39 is 0 Å². The van der Waals surface area contributed by atoms with E-state index in [0.29, 0.717) is 18.4 Å². The Morgan fingerprint density at radius 3 is 2.50 bits per heavy atom. The van der Waals surface area contributed by atoms with Crippen LogP contribution in [0.3, 0.4) is 0 Å². The molecule has 126 valence electrons. The number of carbonyl (C=O) groups excluding carboxylic acids is 2. The van der Waals surface area contributed by atoms with E-state index in [-0.39, 0.29) is 42.2 Å². The molecular formula is C16H28ClN3O2. The highest BCUT2D eigenvalue weighted by Gasteiger charge is 2.39. The van der Waals surface area contributed by atoms with Crippen molar-refractivity contribution in [1.82, 2.24) is 10.6 Å². The lowest BCUT2D eigenvalue weighted by atomic mass is 9.84. The van der Waals surface area contributed by atoms with Crippen molar-refractivity contribution in [3.05, 3.63) is 0 Å². The predicted octanol–water partition coefficient (Wildman–Crippen LogP) is 1.49. The number of hydrogen-bond donors (Lipinski definition) is 3. The molecule has 5 unspecified atom stereocenters. The van der Waals surface area contributed by atoms with Crippen LogP contribution in [0.25, 0.3) is 0 Å². The zero-order chi connectivity index (χ0) is 14.8. The molecule has 1 heterocycles. The van der Waals surface area contributed by atoms with Crippen molar-refractivity contribution in [2.75, 3.05) is 0 Å². The van der Waals surface area contributed by atoms with Crippen molar-refractivity contribution in [2.24, 2.45) is 17.6 Å². The number of rotatable bonds is 3. The zero-order valence-electron chi connectivity index (χ0n) is 13.1. The molecule has 5 nitrogen and oxygen atoms in total. The molecule has 3 aliphatic rings. The monoisotopic (exact) mass is 329 g/mol. The summed E-state index contributed by atoms with van der Waals surface area (Å²) in [5.74, 6) is 0.515. The van der Waals surface area contributed by atoms with E-state index in [1.165, 1.54) is 25.7 Å². The molecule has 0 aromatic carbocycles. The maximum atomic E-state index is 12.4. The number of halogens is 1. The van der Waals surface area contributed by atoms with Crippen LogP contribution in [0.15, 0.2) is 0 Å². The number of amides is 2. The van der Waals surface area contributed by atoms with E-state index in [9.17, 15) is 9.59 Å². The molecule has 0 spiro atoms. The van der Waals surface area contributed by atoms with Gasteiger partial charge in [0.05, 0.1) is 6.04 Å². The van der Waals surface area contributed by atoms with E-state index in [1.807, 2.05) is 0 Å². The molecule has 2 amide bonds. The highest BCUT2D eigenvalue weighted by Crippen LogP contribution is 2.33. The van der Waals surface area contributed by atoms with E-state index >= 15 is 0 Å². The summed E-state index contributed by atoms with van der Waals surface area (Å²) in [7, 11) is 0. The first-order valence-corrected chi connectivity index (χ1v) is 8.49. The highest BCUT2D eigenvalue weighted by atomic mass is 35.5. The molecule has 3 rings (SSSR count). The minimum atomic E-state index is -0.223. The number of nitrogens with two attached hydrogens (primary N) is 1.